The molecule has 0 radical (unpaired) electrons. The zero-order chi connectivity index (χ0) is 21.8. The van der Waals surface area contributed by atoms with Crippen LogP contribution in [0.3, 0.4) is 0 Å². The predicted molar refractivity (Wildman–Crippen MR) is 116 cm³/mol. The van der Waals surface area contributed by atoms with E-state index in [2.05, 4.69) is 10.4 Å². The molecule has 3 atom stereocenters. The van der Waals surface area contributed by atoms with Crippen LogP contribution in [-0.4, -0.2) is 28.0 Å². The van der Waals surface area contributed by atoms with E-state index in [-0.39, 0.29) is 10.9 Å². The van der Waals surface area contributed by atoms with Gasteiger partial charge in [-0.3, -0.25) is 9.59 Å². The zero-order valence-corrected chi connectivity index (χ0v) is 18.1. The maximum atomic E-state index is 13.3. The van der Waals surface area contributed by atoms with Crippen molar-refractivity contribution in [3.63, 3.8) is 0 Å². The maximum absolute atomic E-state index is 13.3. The van der Waals surface area contributed by atoms with Gasteiger partial charge in [-0.05, 0) is 55.9 Å². The van der Waals surface area contributed by atoms with E-state index in [4.69, 9.17) is 16.3 Å². The smallest absolute Gasteiger partial charge is 0.309 e. The Hall–Kier alpha value is -2.54. The molecule has 4 aliphatic rings. The molecule has 1 aromatic heterocycles. The summed E-state index contributed by atoms with van der Waals surface area (Å²) >= 11 is 6.49. The summed E-state index contributed by atoms with van der Waals surface area (Å²) in [4.78, 5) is 25.6. The number of hydrogen-bond donors (Lipinski definition) is 2. The van der Waals surface area contributed by atoms with Crippen LogP contribution in [0.15, 0.2) is 35.3 Å². The minimum atomic E-state index is -0.827. The van der Waals surface area contributed by atoms with E-state index in [1.807, 2.05) is 24.3 Å². The molecule has 0 aliphatic heterocycles. The lowest BCUT2D eigenvalue weighted by atomic mass is 9.48. The molecule has 2 N–H and O–H groups in total. The van der Waals surface area contributed by atoms with Gasteiger partial charge < -0.3 is 15.2 Å². The molecule has 4 fully saturated rings. The minimum absolute atomic E-state index is 0.0461. The SMILES string of the molecule is COc1ccccc1CNc1cnn(C23C[C@@H]4CC(C[C@H](C4)C2)[C@H]3C(=O)O)c(=O)c1Cl. The molecule has 4 bridgehead atoms. The molecular formula is C23H26ClN3O4. The Morgan fingerprint density at radius 2 is 2.00 bits per heavy atom. The fraction of sp³-hybridized carbons (Fsp3) is 0.522. The average Bonchev–Trinajstić information content (AvgIpc) is 2.73. The van der Waals surface area contributed by atoms with E-state index in [1.54, 1.807) is 13.3 Å². The number of halogens is 1. The van der Waals surface area contributed by atoms with Gasteiger partial charge in [0.05, 0.1) is 30.5 Å². The number of carboxylic acids is 1. The van der Waals surface area contributed by atoms with Crippen LogP contribution >= 0.6 is 11.6 Å². The number of methoxy groups -OCH3 is 1. The molecule has 0 spiro atoms. The second-order valence-corrected chi connectivity index (χ2v) is 9.66. The molecule has 4 aliphatic carbocycles. The van der Waals surface area contributed by atoms with Gasteiger partial charge in [-0.25, -0.2) is 4.68 Å². The van der Waals surface area contributed by atoms with Crippen molar-refractivity contribution in [1.82, 2.24) is 9.78 Å². The van der Waals surface area contributed by atoms with Crippen molar-refractivity contribution in [2.24, 2.45) is 23.7 Å². The molecule has 1 aromatic carbocycles. The molecule has 4 saturated carbocycles. The number of carboxylic acid groups (broad SMARTS) is 1. The second-order valence-electron chi connectivity index (χ2n) is 9.28. The third-order valence-corrected chi connectivity index (χ3v) is 7.91. The van der Waals surface area contributed by atoms with Gasteiger partial charge in [-0.1, -0.05) is 29.8 Å². The fourth-order valence-electron chi connectivity index (χ4n) is 6.65. The first-order chi connectivity index (χ1) is 14.9. The lowest BCUT2D eigenvalue weighted by molar-refractivity contribution is -0.168. The molecule has 1 heterocycles. The molecule has 0 saturated heterocycles. The Bertz CT molecular complexity index is 1070. The molecule has 7 nitrogen and oxygen atoms in total. The van der Waals surface area contributed by atoms with Crippen molar-refractivity contribution in [2.75, 3.05) is 12.4 Å². The number of anilines is 1. The molecule has 2 aromatic rings. The largest absolute Gasteiger partial charge is 0.496 e. The lowest BCUT2D eigenvalue weighted by Crippen LogP contribution is -2.63. The summed E-state index contributed by atoms with van der Waals surface area (Å²) in [5.74, 6) is 0.360. The lowest BCUT2D eigenvalue weighted by Gasteiger charge is -2.59. The number of nitrogens with one attached hydrogen (secondary N) is 1. The summed E-state index contributed by atoms with van der Waals surface area (Å²) in [5, 5.41) is 17.7. The monoisotopic (exact) mass is 443 g/mol. The molecule has 0 amide bonds. The first kappa shape index (κ1) is 20.4. The molecule has 31 heavy (non-hydrogen) atoms. The Morgan fingerprint density at radius 3 is 2.68 bits per heavy atom. The van der Waals surface area contributed by atoms with Gasteiger partial charge in [-0.15, -0.1) is 0 Å². The van der Waals surface area contributed by atoms with Crippen molar-refractivity contribution in [3.05, 3.63) is 51.4 Å². The van der Waals surface area contributed by atoms with Gasteiger partial charge >= 0.3 is 5.97 Å². The summed E-state index contributed by atoms with van der Waals surface area (Å²) < 4.78 is 6.78. The van der Waals surface area contributed by atoms with Crippen molar-refractivity contribution in [3.8, 4) is 5.75 Å². The highest BCUT2D eigenvalue weighted by Crippen LogP contribution is 2.61. The fourth-order valence-corrected chi connectivity index (χ4v) is 6.84. The third-order valence-electron chi connectivity index (χ3n) is 7.54. The summed E-state index contributed by atoms with van der Waals surface area (Å²) in [6, 6.07) is 7.61. The van der Waals surface area contributed by atoms with E-state index in [1.165, 1.54) is 4.68 Å². The minimum Gasteiger partial charge on any atom is -0.496 e. The van der Waals surface area contributed by atoms with Crippen molar-refractivity contribution in [1.29, 1.82) is 0 Å². The van der Waals surface area contributed by atoms with Crippen LogP contribution in [-0.2, 0) is 16.9 Å². The third kappa shape index (κ3) is 3.21. The Labute approximate surface area is 185 Å². The van der Waals surface area contributed by atoms with E-state index in [0.717, 1.165) is 30.6 Å². The maximum Gasteiger partial charge on any atom is 0.309 e. The highest BCUT2D eigenvalue weighted by atomic mass is 35.5. The number of carbonyl (C=O) groups is 1. The number of aliphatic carboxylic acids is 1. The first-order valence-corrected chi connectivity index (χ1v) is 11.2. The van der Waals surface area contributed by atoms with Gasteiger partial charge in [0.25, 0.3) is 5.56 Å². The van der Waals surface area contributed by atoms with Gasteiger partial charge in [0, 0.05) is 12.1 Å². The molecule has 0 unspecified atom stereocenters. The predicted octanol–water partition coefficient (Wildman–Crippen LogP) is 3.75. The van der Waals surface area contributed by atoms with Crippen molar-refractivity contribution in [2.45, 2.75) is 44.2 Å². The number of nitrogens with zero attached hydrogens (tertiary/aromatic N) is 2. The Kier molecular flexibility index (Phi) is 4.96. The van der Waals surface area contributed by atoms with Crippen LogP contribution in [0.25, 0.3) is 0 Å². The average molecular weight is 444 g/mol. The molecule has 8 heteroatoms. The topological polar surface area (TPSA) is 93.4 Å². The molecular weight excluding hydrogens is 418 g/mol. The van der Waals surface area contributed by atoms with E-state index < -0.39 is 23.0 Å². The van der Waals surface area contributed by atoms with Gasteiger partial charge in [0.15, 0.2) is 0 Å². The van der Waals surface area contributed by atoms with E-state index >= 15 is 0 Å². The van der Waals surface area contributed by atoms with Gasteiger partial charge in [-0.2, -0.15) is 5.10 Å². The van der Waals surface area contributed by atoms with Crippen LogP contribution < -0.4 is 15.6 Å². The Balaban J connectivity index is 1.48. The van der Waals surface area contributed by atoms with Gasteiger partial charge in [0.1, 0.15) is 10.8 Å². The summed E-state index contributed by atoms with van der Waals surface area (Å²) in [6.45, 7) is 0.421. The first-order valence-electron chi connectivity index (χ1n) is 10.8. The zero-order valence-electron chi connectivity index (χ0n) is 17.4. The number of aromatic nitrogens is 2. The highest BCUT2D eigenvalue weighted by molar-refractivity contribution is 6.32. The number of ether oxygens (including phenoxy) is 1. The summed E-state index contributed by atoms with van der Waals surface area (Å²) in [6.07, 6.45) is 5.94. The number of benzene rings is 1. The molecule has 164 valence electrons. The standard InChI is InChI=1S/C23H26ClN3O4/c1-31-18-5-3-2-4-15(18)11-25-17-12-26-27(21(28)20(17)24)23-9-13-6-14(10-23)8-16(7-13)19(23)22(29)30/h2-5,12-14,16,19,25H,6-11H2,1H3,(H,29,30)/t13-,14-,16?,19-,23?/m0/s1. The van der Waals surface area contributed by atoms with Gasteiger partial charge in [0.2, 0.25) is 0 Å². The van der Waals surface area contributed by atoms with Crippen LogP contribution in [0, 0.1) is 23.7 Å². The van der Waals surface area contributed by atoms with E-state index in [0.29, 0.717) is 36.9 Å². The Morgan fingerprint density at radius 1 is 1.29 bits per heavy atom. The quantitative estimate of drug-likeness (QED) is 0.706. The summed E-state index contributed by atoms with van der Waals surface area (Å²) in [7, 11) is 1.61. The normalized spacial score (nSPS) is 30.9. The number of rotatable bonds is 6. The number of hydrogen-bond acceptors (Lipinski definition) is 5. The second kappa shape index (κ2) is 7.55. The molecule has 6 rings (SSSR count). The van der Waals surface area contributed by atoms with Crippen molar-refractivity contribution < 1.29 is 14.6 Å². The summed E-state index contributed by atoms with van der Waals surface area (Å²) in [5.41, 5.74) is 0.172. The highest BCUT2D eigenvalue weighted by Gasteiger charge is 2.61. The van der Waals surface area contributed by atoms with Crippen LogP contribution in [0.5, 0.6) is 5.75 Å². The van der Waals surface area contributed by atoms with Crippen LogP contribution in [0.2, 0.25) is 5.02 Å². The van der Waals surface area contributed by atoms with Crippen LogP contribution in [0.4, 0.5) is 5.69 Å². The number of para-hydroxylation sites is 1. The van der Waals surface area contributed by atoms with Crippen molar-refractivity contribution >= 4 is 23.3 Å². The van der Waals surface area contributed by atoms with E-state index in [9.17, 15) is 14.7 Å². The van der Waals surface area contributed by atoms with Crippen LogP contribution in [0.1, 0.15) is 37.7 Å².